The summed E-state index contributed by atoms with van der Waals surface area (Å²) in [6, 6.07) is 3.92. The van der Waals surface area contributed by atoms with Crippen LogP contribution in [0.25, 0.3) is 0 Å². The average molecular weight is 228 g/mol. The third kappa shape index (κ3) is 2.84. The van der Waals surface area contributed by atoms with Crippen molar-refractivity contribution >= 4 is 11.6 Å². The van der Waals surface area contributed by atoms with Crippen molar-refractivity contribution in [3.63, 3.8) is 0 Å². The molecule has 1 aromatic heterocycles. The van der Waals surface area contributed by atoms with Crippen molar-refractivity contribution in [1.82, 2.24) is 5.32 Å². The second kappa shape index (κ2) is 4.84. The summed E-state index contributed by atoms with van der Waals surface area (Å²) in [4.78, 5) is 0. The van der Waals surface area contributed by atoms with Gasteiger partial charge in [-0.25, -0.2) is 0 Å². The molecule has 1 aliphatic rings. The van der Waals surface area contributed by atoms with E-state index in [-0.39, 0.29) is 6.61 Å². The molecule has 2 rings (SSSR count). The van der Waals surface area contributed by atoms with Gasteiger partial charge in [0.2, 0.25) is 0 Å². The first-order valence-electron chi connectivity index (χ1n) is 5.04. The highest BCUT2D eigenvalue weighted by Gasteiger charge is 2.17. The van der Waals surface area contributed by atoms with Crippen molar-refractivity contribution in [2.24, 2.45) is 5.92 Å². The minimum atomic E-state index is 0.223. The molecule has 0 radical (unpaired) electrons. The van der Waals surface area contributed by atoms with Crippen molar-refractivity contribution in [3.8, 4) is 0 Å². The van der Waals surface area contributed by atoms with Crippen molar-refractivity contribution in [3.05, 3.63) is 35.3 Å². The normalized spacial score (nSPS) is 24.9. The molecular weight excluding hydrogens is 214 g/mol. The molecule has 2 N–H and O–H groups in total. The summed E-state index contributed by atoms with van der Waals surface area (Å²) in [6.07, 6.45) is 5.09. The minimum Gasteiger partial charge on any atom is -0.448 e. The number of rotatable bonds is 4. The van der Waals surface area contributed by atoms with Crippen LogP contribution in [0.4, 0.5) is 0 Å². The van der Waals surface area contributed by atoms with Crippen LogP contribution in [0.5, 0.6) is 0 Å². The molecule has 0 fully saturated rings. The summed E-state index contributed by atoms with van der Waals surface area (Å²) >= 11 is 5.66. The first-order chi connectivity index (χ1) is 7.28. The second-order valence-electron chi connectivity index (χ2n) is 3.76. The Morgan fingerprint density at radius 3 is 2.93 bits per heavy atom. The van der Waals surface area contributed by atoms with E-state index in [0.29, 0.717) is 23.7 Å². The highest BCUT2D eigenvalue weighted by molar-refractivity contribution is 6.28. The zero-order valence-electron chi connectivity index (χ0n) is 8.32. The molecule has 1 aliphatic carbocycles. The van der Waals surface area contributed by atoms with E-state index in [1.807, 2.05) is 12.1 Å². The van der Waals surface area contributed by atoms with Crippen LogP contribution in [0.2, 0.25) is 5.22 Å². The Morgan fingerprint density at radius 1 is 1.47 bits per heavy atom. The maximum atomic E-state index is 8.96. The summed E-state index contributed by atoms with van der Waals surface area (Å²) in [5.41, 5.74) is 0. The fraction of sp³-hybridized carbons (Fsp3) is 0.455. The highest BCUT2D eigenvalue weighted by Crippen LogP contribution is 2.18. The number of nitrogens with one attached hydrogen (secondary N) is 1. The Kier molecular flexibility index (Phi) is 3.46. The molecule has 0 saturated heterocycles. The molecule has 0 amide bonds. The Balaban J connectivity index is 1.78. The molecule has 82 valence electrons. The molecular formula is C11H14ClNO2. The van der Waals surface area contributed by atoms with Gasteiger partial charge in [-0.3, -0.25) is 0 Å². The van der Waals surface area contributed by atoms with E-state index in [2.05, 4.69) is 11.4 Å². The van der Waals surface area contributed by atoms with Gasteiger partial charge in [-0.05, 0) is 30.2 Å². The Bertz CT molecular complexity index is 348. The number of aliphatic hydroxyl groups excluding tert-OH is 1. The van der Waals surface area contributed by atoms with Crippen LogP contribution < -0.4 is 5.32 Å². The quantitative estimate of drug-likeness (QED) is 0.773. The first-order valence-corrected chi connectivity index (χ1v) is 5.42. The molecule has 0 aromatic carbocycles. The van der Waals surface area contributed by atoms with Gasteiger partial charge in [-0.1, -0.05) is 12.2 Å². The molecule has 1 heterocycles. The van der Waals surface area contributed by atoms with Gasteiger partial charge < -0.3 is 14.8 Å². The third-order valence-corrected chi connectivity index (χ3v) is 2.78. The predicted molar refractivity (Wildman–Crippen MR) is 58.7 cm³/mol. The lowest BCUT2D eigenvalue weighted by Gasteiger charge is -2.11. The van der Waals surface area contributed by atoms with E-state index in [0.717, 1.165) is 12.2 Å². The maximum Gasteiger partial charge on any atom is 0.193 e. The lowest BCUT2D eigenvalue weighted by atomic mass is 10.1. The Hall–Kier alpha value is -0.770. The Morgan fingerprint density at radius 2 is 2.33 bits per heavy atom. The molecule has 0 unspecified atom stereocenters. The van der Waals surface area contributed by atoms with E-state index < -0.39 is 0 Å². The maximum absolute atomic E-state index is 8.96. The largest absolute Gasteiger partial charge is 0.448 e. The third-order valence-electron chi connectivity index (χ3n) is 2.57. The standard InChI is InChI=1S/C11H14ClNO2/c12-11-4-3-10(15-11)6-13-9-2-1-8(5-9)7-14/h1-4,8-9,13-14H,5-7H2/t8-,9+/m0/s1. The van der Waals surface area contributed by atoms with Crippen molar-refractivity contribution < 1.29 is 9.52 Å². The fourth-order valence-corrected chi connectivity index (χ4v) is 1.90. The van der Waals surface area contributed by atoms with E-state index in [1.54, 1.807) is 6.07 Å². The van der Waals surface area contributed by atoms with Crippen LogP contribution in [0.1, 0.15) is 12.2 Å². The lowest BCUT2D eigenvalue weighted by Crippen LogP contribution is -2.25. The van der Waals surface area contributed by atoms with Crippen molar-refractivity contribution in [2.45, 2.75) is 19.0 Å². The second-order valence-corrected chi connectivity index (χ2v) is 4.13. The SMILES string of the molecule is OC[C@H]1C=C[C@@H](NCc2ccc(Cl)o2)C1. The predicted octanol–water partition coefficient (Wildman–Crippen LogP) is 1.96. The summed E-state index contributed by atoms with van der Waals surface area (Å²) < 4.78 is 5.23. The summed E-state index contributed by atoms with van der Waals surface area (Å²) in [5, 5.41) is 12.7. The molecule has 2 atom stereocenters. The van der Waals surface area contributed by atoms with Crippen LogP contribution in [0.3, 0.4) is 0 Å². The molecule has 1 aromatic rings. The molecule has 0 aliphatic heterocycles. The number of aliphatic hydroxyl groups is 1. The summed E-state index contributed by atoms with van der Waals surface area (Å²) in [6.45, 7) is 0.890. The van der Waals surface area contributed by atoms with Gasteiger partial charge in [0.15, 0.2) is 5.22 Å². The smallest absolute Gasteiger partial charge is 0.193 e. The fourth-order valence-electron chi connectivity index (χ4n) is 1.74. The highest BCUT2D eigenvalue weighted by atomic mass is 35.5. The van der Waals surface area contributed by atoms with Crippen molar-refractivity contribution in [2.75, 3.05) is 6.61 Å². The molecule has 0 spiro atoms. The summed E-state index contributed by atoms with van der Waals surface area (Å²) in [5.74, 6) is 1.13. The molecule has 0 saturated carbocycles. The summed E-state index contributed by atoms with van der Waals surface area (Å²) in [7, 11) is 0. The van der Waals surface area contributed by atoms with Gasteiger partial charge in [0.05, 0.1) is 6.54 Å². The number of hydrogen-bond acceptors (Lipinski definition) is 3. The van der Waals surface area contributed by atoms with Gasteiger partial charge in [-0.2, -0.15) is 0 Å². The number of hydrogen-bond donors (Lipinski definition) is 2. The van der Waals surface area contributed by atoms with Crippen LogP contribution in [0.15, 0.2) is 28.7 Å². The van der Waals surface area contributed by atoms with E-state index in [1.165, 1.54) is 0 Å². The monoisotopic (exact) mass is 227 g/mol. The molecule has 3 nitrogen and oxygen atoms in total. The van der Waals surface area contributed by atoms with Gasteiger partial charge in [0.1, 0.15) is 5.76 Å². The van der Waals surface area contributed by atoms with Crippen LogP contribution in [-0.2, 0) is 6.54 Å². The van der Waals surface area contributed by atoms with Crippen LogP contribution in [0, 0.1) is 5.92 Å². The van der Waals surface area contributed by atoms with Gasteiger partial charge in [0.25, 0.3) is 0 Å². The van der Waals surface area contributed by atoms with E-state index in [9.17, 15) is 0 Å². The molecule has 4 heteroatoms. The molecule has 0 bridgehead atoms. The topological polar surface area (TPSA) is 45.4 Å². The average Bonchev–Trinajstić information content (AvgIpc) is 2.83. The Labute approximate surface area is 93.7 Å². The van der Waals surface area contributed by atoms with Crippen LogP contribution >= 0.6 is 11.6 Å². The zero-order chi connectivity index (χ0) is 10.7. The minimum absolute atomic E-state index is 0.223. The van der Waals surface area contributed by atoms with Gasteiger partial charge >= 0.3 is 0 Å². The molecule has 15 heavy (non-hydrogen) atoms. The first kappa shape index (κ1) is 10.7. The van der Waals surface area contributed by atoms with E-state index >= 15 is 0 Å². The van der Waals surface area contributed by atoms with E-state index in [4.69, 9.17) is 21.1 Å². The number of furan rings is 1. The van der Waals surface area contributed by atoms with Crippen LogP contribution in [-0.4, -0.2) is 17.8 Å². The van der Waals surface area contributed by atoms with Gasteiger partial charge in [-0.15, -0.1) is 0 Å². The number of halogens is 1. The van der Waals surface area contributed by atoms with Gasteiger partial charge in [0, 0.05) is 18.6 Å². The van der Waals surface area contributed by atoms with Crippen molar-refractivity contribution in [1.29, 1.82) is 0 Å². The lowest BCUT2D eigenvalue weighted by molar-refractivity contribution is 0.246. The zero-order valence-corrected chi connectivity index (χ0v) is 9.07.